The van der Waals surface area contributed by atoms with Crippen LogP contribution in [-0.4, -0.2) is 36.6 Å². The number of nitrogens with zero attached hydrogens (tertiary/aromatic N) is 1. The van der Waals surface area contributed by atoms with Gasteiger partial charge in [-0.1, -0.05) is 39.0 Å². The fourth-order valence-corrected chi connectivity index (χ4v) is 4.68. The molecular weight excluding hydrogens is 382 g/mol. The summed E-state index contributed by atoms with van der Waals surface area (Å²) in [4.78, 5) is 36.0. The first-order chi connectivity index (χ1) is 14.1. The maximum absolute atomic E-state index is 12.1. The molecule has 0 aromatic heterocycles. The number of hydrogen-bond acceptors (Lipinski definition) is 5. The molecule has 1 aromatic rings. The first kappa shape index (κ1) is 22.0. The van der Waals surface area contributed by atoms with Crippen LogP contribution in [0.15, 0.2) is 29.4 Å². The second kappa shape index (κ2) is 8.58. The number of carbonyl (C=O) groups is 3. The molecular formula is C23H31N3O4. The summed E-state index contributed by atoms with van der Waals surface area (Å²) in [7, 11) is 0. The van der Waals surface area contributed by atoms with Gasteiger partial charge in [-0.15, -0.1) is 0 Å². The van der Waals surface area contributed by atoms with Crippen molar-refractivity contribution in [3.63, 3.8) is 0 Å². The number of fused-ring (bicyclic) bond motifs is 2. The zero-order valence-electron chi connectivity index (χ0n) is 18.2. The number of ether oxygens (including phenoxy) is 1. The topological polar surface area (TPSA) is 96.9 Å². The van der Waals surface area contributed by atoms with Crippen LogP contribution in [0.4, 0.5) is 0 Å². The van der Waals surface area contributed by atoms with E-state index < -0.39 is 11.9 Å². The summed E-state index contributed by atoms with van der Waals surface area (Å²) in [6.07, 6.45) is 3.19. The number of benzene rings is 1. The Morgan fingerprint density at radius 2 is 1.93 bits per heavy atom. The Hall–Kier alpha value is -2.70. The second-order valence-electron chi connectivity index (χ2n) is 9.07. The highest BCUT2D eigenvalue weighted by molar-refractivity contribution is 5.96. The smallest absolute Gasteiger partial charge is 0.308 e. The molecule has 0 saturated heterocycles. The fraction of sp³-hybridized carbons (Fsp3) is 0.565. The molecule has 2 bridgehead atoms. The maximum atomic E-state index is 12.1. The highest BCUT2D eigenvalue weighted by Gasteiger charge is 2.60. The summed E-state index contributed by atoms with van der Waals surface area (Å²) < 4.78 is 4.99. The van der Waals surface area contributed by atoms with Crippen LogP contribution in [0.3, 0.4) is 0 Å². The Morgan fingerprint density at radius 1 is 1.20 bits per heavy atom. The number of aryl methyl sites for hydroxylation is 1. The Kier molecular flexibility index (Phi) is 6.29. The lowest BCUT2D eigenvalue weighted by atomic mass is 9.70. The molecule has 1 aromatic carbocycles. The molecule has 0 radical (unpaired) electrons. The molecule has 2 aliphatic rings. The Balaban J connectivity index is 1.38. The lowest BCUT2D eigenvalue weighted by Crippen LogP contribution is -2.35. The highest BCUT2D eigenvalue weighted by atomic mass is 16.5. The standard InChI is InChI=1S/C23H31N3O4/c1-15-7-5-6-8-17(15)21(29)24-12-10-20(28)30-14-19(27)26-25-18-13-16-9-11-23(18,4)22(16,2)3/h5-8,16H,9-14H2,1-4H3,(H,24,29)(H,26,27)/b25-18+. The summed E-state index contributed by atoms with van der Waals surface area (Å²) in [5.74, 6) is -0.637. The first-order valence-electron chi connectivity index (χ1n) is 10.5. The third kappa shape index (κ3) is 4.25. The van der Waals surface area contributed by atoms with Crippen LogP contribution in [0.25, 0.3) is 0 Å². The van der Waals surface area contributed by atoms with Gasteiger partial charge in [0.1, 0.15) is 0 Å². The van der Waals surface area contributed by atoms with Gasteiger partial charge in [-0.25, -0.2) is 5.43 Å². The predicted molar refractivity (Wildman–Crippen MR) is 114 cm³/mol. The van der Waals surface area contributed by atoms with Gasteiger partial charge in [0.15, 0.2) is 6.61 Å². The van der Waals surface area contributed by atoms with Gasteiger partial charge in [-0.2, -0.15) is 5.10 Å². The fourth-order valence-electron chi connectivity index (χ4n) is 4.68. The van der Waals surface area contributed by atoms with Gasteiger partial charge in [0, 0.05) is 23.2 Å². The first-order valence-corrected chi connectivity index (χ1v) is 10.5. The van der Waals surface area contributed by atoms with Crippen molar-refractivity contribution in [2.45, 2.75) is 53.4 Å². The molecule has 0 aliphatic heterocycles. The number of carbonyl (C=O) groups excluding carboxylic acids is 3. The van der Waals surface area contributed by atoms with Gasteiger partial charge in [0.25, 0.3) is 11.8 Å². The van der Waals surface area contributed by atoms with Crippen molar-refractivity contribution < 1.29 is 19.1 Å². The Morgan fingerprint density at radius 3 is 2.57 bits per heavy atom. The number of rotatable bonds is 7. The average Bonchev–Trinajstić information content (AvgIpc) is 3.04. The summed E-state index contributed by atoms with van der Waals surface area (Å²) in [6, 6.07) is 7.23. The van der Waals surface area contributed by atoms with Crippen LogP contribution in [0.2, 0.25) is 0 Å². The molecule has 2 fully saturated rings. The molecule has 2 N–H and O–H groups in total. The van der Waals surface area contributed by atoms with Crippen molar-refractivity contribution in [3.05, 3.63) is 35.4 Å². The lowest BCUT2D eigenvalue weighted by molar-refractivity contribution is -0.148. The molecule has 2 aliphatic carbocycles. The molecule has 162 valence electrons. The van der Waals surface area contributed by atoms with E-state index in [2.05, 4.69) is 36.6 Å². The highest BCUT2D eigenvalue weighted by Crippen LogP contribution is 2.63. The summed E-state index contributed by atoms with van der Waals surface area (Å²) in [5.41, 5.74) is 5.19. The van der Waals surface area contributed by atoms with Gasteiger partial charge in [0.2, 0.25) is 0 Å². The molecule has 7 nitrogen and oxygen atoms in total. The van der Waals surface area contributed by atoms with Crippen molar-refractivity contribution in [1.82, 2.24) is 10.7 Å². The molecule has 2 unspecified atom stereocenters. The SMILES string of the molecule is Cc1ccccc1C(=O)NCCC(=O)OCC(=O)N/N=C1\CC2CCC1(C)C2(C)C. The van der Waals surface area contributed by atoms with E-state index in [0.717, 1.165) is 24.1 Å². The number of hydrazone groups is 1. The summed E-state index contributed by atoms with van der Waals surface area (Å²) >= 11 is 0. The summed E-state index contributed by atoms with van der Waals surface area (Å²) in [5, 5.41) is 7.03. The van der Waals surface area contributed by atoms with Crippen LogP contribution in [-0.2, 0) is 14.3 Å². The van der Waals surface area contributed by atoms with Crippen molar-refractivity contribution in [2.24, 2.45) is 21.8 Å². The van der Waals surface area contributed by atoms with Crippen molar-refractivity contribution >= 4 is 23.5 Å². The van der Waals surface area contributed by atoms with E-state index in [4.69, 9.17) is 4.74 Å². The third-order valence-electron chi connectivity index (χ3n) is 7.20. The van der Waals surface area contributed by atoms with Crippen LogP contribution < -0.4 is 10.7 Å². The summed E-state index contributed by atoms with van der Waals surface area (Å²) in [6.45, 7) is 8.37. The second-order valence-corrected chi connectivity index (χ2v) is 9.07. The monoisotopic (exact) mass is 413 g/mol. The Bertz CT molecular complexity index is 877. The van der Waals surface area contributed by atoms with Crippen molar-refractivity contribution in [3.8, 4) is 0 Å². The number of hydrogen-bond donors (Lipinski definition) is 2. The van der Waals surface area contributed by atoms with E-state index in [9.17, 15) is 14.4 Å². The molecule has 30 heavy (non-hydrogen) atoms. The zero-order valence-corrected chi connectivity index (χ0v) is 18.2. The molecule has 3 rings (SSSR count). The van der Waals surface area contributed by atoms with Gasteiger partial charge in [-0.3, -0.25) is 14.4 Å². The minimum atomic E-state index is -0.545. The molecule has 2 atom stereocenters. The predicted octanol–water partition coefficient (Wildman–Crippen LogP) is 2.98. The lowest BCUT2D eigenvalue weighted by Gasteiger charge is -2.34. The number of amides is 2. The van der Waals surface area contributed by atoms with E-state index in [1.54, 1.807) is 12.1 Å². The molecule has 0 heterocycles. The largest absolute Gasteiger partial charge is 0.455 e. The van der Waals surface area contributed by atoms with Crippen LogP contribution in [0, 0.1) is 23.7 Å². The molecule has 2 amide bonds. The minimum absolute atomic E-state index is 0.00659. The van der Waals surface area contributed by atoms with Crippen LogP contribution in [0.1, 0.15) is 62.4 Å². The average molecular weight is 414 g/mol. The Labute approximate surface area is 177 Å². The van der Waals surface area contributed by atoms with Gasteiger partial charge in [-0.05, 0) is 49.1 Å². The van der Waals surface area contributed by atoms with E-state index >= 15 is 0 Å². The molecule has 0 spiro atoms. The van der Waals surface area contributed by atoms with Crippen molar-refractivity contribution in [1.29, 1.82) is 0 Å². The normalized spacial score (nSPS) is 25.2. The van der Waals surface area contributed by atoms with Crippen LogP contribution in [0.5, 0.6) is 0 Å². The van der Waals surface area contributed by atoms with E-state index in [1.807, 2.05) is 19.1 Å². The van der Waals surface area contributed by atoms with Crippen molar-refractivity contribution in [2.75, 3.05) is 13.2 Å². The van der Waals surface area contributed by atoms with Gasteiger partial charge < -0.3 is 10.1 Å². The zero-order chi connectivity index (χ0) is 21.9. The quantitative estimate of drug-likeness (QED) is 0.530. The molecule has 7 heteroatoms. The number of nitrogens with one attached hydrogen (secondary N) is 2. The van der Waals surface area contributed by atoms with Gasteiger partial charge in [0.05, 0.1) is 6.42 Å². The van der Waals surface area contributed by atoms with Crippen LogP contribution >= 0.6 is 0 Å². The van der Waals surface area contributed by atoms with E-state index in [1.165, 1.54) is 6.42 Å². The molecule has 2 saturated carbocycles. The van der Waals surface area contributed by atoms with E-state index in [-0.39, 0.29) is 36.3 Å². The van der Waals surface area contributed by atoms with Gasteiger partial charge >= 0.3 is 5.97 Å². The third-order valence-corrected chi connectivity index (χ3v) is 7.20. The number of esters is 1. The maximum Gasteiger partial charge on any atom is 0.308 e. The van der Waals surface area contributed by atoms with E-state index in [0.29, 0.717) is 11.5 Å². The minimum Gasteiger partial charge on any atom is -0.455 e.